The molecule has 0 saturated carbocycles. The summed E-state index contributed by atoms with van der Waals surface area (Å²) in [5, 5.41) is 2.36. The second-order valence-electron chi connectivity index (χ2n) is 2.89. The van der Waals surface area contributed by atoms with Gasteiger partial charge >= 0.3 is 12.1 Å². The summed E-state index contributed by atoms with van der Waals surface area (Å²) >= 11 is 3.92. The van der Waals surface area contributed by atoms with Crippen molar-refractivity contribution in [2.75, 3.05) is 19.5 Å². The first-order valence-electron chi connectivity index (χ1n) is 4.77. The highest BCUT2D eigenvalue weighted by molar-refractivity contribution is 7.80. The number of methoxy groups -OCH3 is 1. The van der Waals surface area contributed by atoms with Crippen LogP contribution >= 0.6 is 12.6 Å². The maximum Gasteiger partial charge on any atom is 0.407 e. The fourth-order valence-corrected chi connectivity index (χ4v) is 1.05. The van der Waals surface area contributed by atoms with Gasteiger partial charge in [-0.25, -0.2) is 9.59 Å². The molecule has 1 N–H and O–H groups in total. The molecule has 0 spiro atoms. The lowest BCUT2D eigenvalue weighted by molar-refractivity contribution is -0.142. The van der Waals surface area contributed by atoms with E-state index in [0.29, 0.717) is 6.61 Å². The van der Waals surface area contributed by atoms with Gasteiger partial charge in [0.2, 0.25) is 0 Å². The van der Waals surface area contributed by atoms with E-state index in [-0.39, 0.29) is 5.75 Å². The molecule has 1 amide bonds. The van der Waals surface area contributed by atoms with Crippen molar-refractivity contribution in [3.8, 4) is 0 Å². The van der Waals surface area contributed by atoms with Gasteiger partial charge in [-0.1, -0.05) is 13.3 Å². The van der Waals surface area contributed by atoms with Gasteiger partial charge in [-0.15, -0.1) is 0 Å². The highest BCUT2D eigenvalue weighted by atomic mass is 32.1. The predicted octanol–water partition coefficient (Wildman–Crippen LogP) is 0.984. The Balaban J connectivity index is 3.85. The van der Waals surface area contributed by atoms with Crippen LogP contribution in [-0.4, -0.2) is 37.6 Å². The Morgan fingerprint density at radius 2 is 2.13 bits per heavy atom. The van der Waals surface area contributed by atoms with Crippen molar-refractivity contribution in [2.24, 2.45) is 0 Å². The molecule has 0 aliphatic heterocycles. The van der Waals surface area contributed by atoms with Gasteiger partial charge in [0.1, 0.15) is 6.04 Å². The molecule has 15 heavy (non-hydrogen) atoms. The highest BCUT2D eigenvalue weighted by Crippen LogP contribution is 1.94. The number of esters is 1. The van der Waals surface area contributed by atoms with Gasteiger partial charge in [0.25, 0.3) is 0 Å². The number of alkyl carbamates (subject to hydrolysis) is 1. The quantitative estimate of drug-likeness (QED) is 0.409. The van der Waals surface area contributed by atoms with E-state index in [9.17, 15) is 9.59 Å². The van der Waals surface area contributed by atoms with Crippen molar-refractivity contribution in [2.45, 2.75) is 25.8 Å². The van der Waals surface area contributed by atoms with Gasteiger partial charge in [-0.3, -0.25) is 0 Å². The maximum absolute atomic E-state index is 11.1. The maximum atomic E-state index is 11.1. The van der Waals surface area contributed by atoms with E-state index in [2.05, 4.69) is 22.7 Å². The average molecular weight is 235 g/mol. The molecular formula is C9H17NO4S. The van der Waals surface area contributed by atoms with Crippen molar-refractivity contribution >= 4 is 24.7 Å². The van der Waals surface area contributed by atoms with Gasteiger partial charge in [0, 0.05) is 5.75 Å². The Hall–Kier alpha value is -0.910. The van der Waals surface area contributed by atoms with Gasteiger partial charge < -0.3 is 14.8 Å². The molecule has 0 bridgehead atoms. The first-order chi connectivity index (χ1) is 7.15. The fraction of sp³-hybridized carbons (Fsp3) is 0.778. The van der Waals surface area contributed by atoms with Crippen LogP contribution in [0.15, 0.2) is 0 Å². The van der Waals surface area contributed by atoms with Crippen LogP contribution in [-0.2, 0) is 14.3 Å². The van der Waals surface area contributed by atoms with Gasteiger partial charge in [-0.05, 0) is 6.42 Å². The topological polar surface area (TPSA) is 64.6 Å². The molecule has 0 aromatic rings. The van der Waals surface area contributed by atoms with Gasteiger partial charge in [0.05, 0.1) is 13.7 Å². The van der Waals surface area contributed by atoms with E-state index >= 15 is 0 Å². The molecule has 88 valence electrons. The minimum atomic E-state index is -0.757. The summed E-state index contributed by atoms with van der Waals surface area (Å²) in [6.45, 7) is 2.34. The number of ether oxygens (including phenoxy) is 2. The lowest BCUT2D eigenvalue weighted by Crippen LogP contribution is -2.43. The first kappa shape index (κ1) is 14.1. The van der Waals surface area contributed by atoms with E-state index in [4.69, 9.17) is 4.74 Å². The summed E-state index contributed by atoms with van der Waals surface area (Å²) in [4.78, 5) is 22.2. The third-order valence-corrected chi connectivity index (χ3v) is 2.06. The minimum absolute atomic E-state index is 0.176. The Morgan fingerprint density at radius 1 is 1.47 bits per heavy atom. The third kappa shape index (κ3) is 6.22. The largest absolute Gasteiger partial charge is 0.467 e. The molecule has 0 radical (unpaired) electrons. The molecule has 0 heterocycles. The highest BCUT2D eigenvalue weighted by Gasteiger charge is 2.20. The summed E-state index contributed by atoms with van der Waals surface area (Å²) in [5.41, 5.74) is 0. The molecule has 0 aliphatic carbocycles. The van der Waals surface area contributed by atoms with Crippen LogP contribution in [0.5, 0.6) is 0 Å². The molecule has 0 aromatic heterocycles. The standard InChI is InChI=1S/C9H17NO4S/c1-3-4-5-14-9(12)10-7(6-15)8(11)13-2/h7,15H,3-6H2,1-2H3,(H,10,12). The normalized spacial score (nSPS) is 11.7. The number of amides is 1. The fourth-order valence-electron chi connectivity index (χ4n) is 0.814. The number of unbranched alkanes of at least 4 members (excludes halogenated alkanes) is 1. The summed E-state index contributed by atoms with van der Waals surface area (Å²) < 4.78 is 9.29. The predicted molar refractivity (Wildman–Crippen MR) is 59.0 cm³/mol. The summed E-state index contributed by atoms with van der Waals surface area (Å²) in [7, 11) is 1.25. The molecular weight excluding hydrogens is 218 g/mol. The van der Waals surface area contributed by atoms with E-state index in [1.54, 1.807) is 0 Å². The third-order valence-electron chi connectivity index (χ3n) is 1.69. The van der Waals surface area contributed by atoms with E-state index in [1.807, 2.05) is 6.92 Å². The van der Waals surface area contributed by atoms with Crippen LogP contribution in [0.1, 0.15) is 19.8 Å². The van der Waals surface area contributed by atoms with Crippen molar-refractivity contribution < 1.29 is 19.1 Å². The Kier molecular flexibility index (Phi) is 7.89. The smallest absolute Gasteiger partial charge is 0.407 e. The van der Waals surface area contributed by atoms with Crippen LogP contribution < -0.4 is 5.32 Å². The van der Waals surface area contributed by atoms with Crippen molar-refractivity contribution in [1.82, 2.24) is 5.32 Å². The molecule has 0 saturated heterocycles. The van der Waals surface area contributed by atoms with Crippen LogP contribution in [0, 0.1) is 0 Å². The Morgan fingerprint density at radius 3 is 2.60 bits per heavy atom. The summed E-state index contributed by atoms with van der Waals surface area (Å²) in [6, 6.07) is -0.757. The molecule has 0 aliphatic rings. The zero-order chi connectivity index (χ0) is 11.7. The number of carbonyl (C=O) groups is 2. The molecule has 1 atom stereocenters. The number of thiol groups is 1. The monoisotopic (exact) mass is 235 g/mol. The van der Waals surface area contributed by atoms with E-state index < -0.39 is 18.1 Å². The minimum Gasteiger partial charge on any atom is -0.467 e. The Labute approximate surface area is 94.9 Å². The zero-order valence-corrected chi connectivity index (χ0v) is 9.88. The van der Waals surface area contributed by atoms with Crippen molar-refractivity contribution in [3.05, 3.63) is 0 Å². The molecule has 6 heteroatoms. The Bertz CT molecular complexity index is 210. The zero-order valence-electron chi connectivity index (χ0n) is 8.99. The summed E-state index contributed by atoms with van der Waals surface area (Å²) in [6.07, 6.45) is 1.13. The lowest BCUT2D eigenvalue weighted by atomic mass is 10.3. The lowest BCUT2D eigenvalue weighted by Gasteiger charge is -2.13. The summed E-state index contributed by atoms with van der Waals surface area (Å²) in [5.74, 6) is -0.354. The van der Waals surface area contributed by atoms with E-state index in [0.717, 1.165) is 12.8 Å². The first-order valence-corrected chi connectivity index (χ1v) is 5.40. The van der Waals surface area contributed by atoms with Crippen LogP contribution in [0.4, 0.5) is 4.79 Å². The second-order valence-corrected chi connectivity index (χ2v) is 3.26. The molecule has 1 unspecified atom stereocenters. The van der Waals surface area contributed by atoms with Crippen molar-refractivity contribution in [3.63, 3.8) is 0 Å². The number of hydrogen-bond acceptors (Lipinski definition) is 5. The van der Waals surface area contributed by atoms with Crippen LogP contribution in [0.3, 0.4) is 0 Å². The van der Waals surface area contributed by atoms with E-state index in [1.165, 1.54) is 7.11 Å². The SMILES string of the molecule is CCCCOC(=O)NC(CS)C(=O)OC. The number of hydrogen-bond donors (Lipinski definition) is 2. The number of carbonyl (C=O) groups excluding carboxylic acids is 2. The molecule has 0 rings (SSSR count). The van der Waals surface area contributed by atoms with Crippen molar-refractivity contribution in [1.29, 1.82) is 0 Å². The van der Waals surface area contributed by atoms with Gasteiger partial charge in [0.15, 0.2) is 0 Å². The molecule has 5 nitrogen and oxygen atoms in total. The van der Waals surface area contributed by atoms with Crippen LogP contribution in [0.25, 0.3) is 0 Å². The molecule has 0 fully saturated rings. The molecule has 0 aromatic carbocycles. The van der Waals surface area contributed by atoms with Crippen LogP contribution in [0.2, 0.25) is 0 Å². The average Bonchev–Trinajstić information content (AvgIpc) is 2.25. The number of rotatable bonds is 6. The number of nitrogens with one attached hydrogen (secondary N) is 1. The second kappa shape index (κ2) is 8.40. The van der Waals surface area contributed by atoms with Gasteiger partial charge in [-0.2, -0.15) is 12.6 Å².